The van der Waals surface area contributed by atoms with E-state index >= 15 is 0 Å². The zero-order valence-electron chi connectivity index (χ0n) is 11.3. The maximum absolute atomic E-state index is 5.56. The first kappa shape index (κ1) is 14.2. The van der Waals surface area contributed by atoms with Crippen LogP contribution in [0.2, 0.25) is 0 Å². The van der Waals surface area contributed by atoms with Crippen LogP contribution in [0.25, 0.3) is 0 Å². The van der Waals surface area contributed by atoms with Gasteiger partial charge in [0.25, 0.3) is 0 Å². The second-order valence-electron chi connectivity index (χ2n) is 4.65. The van der Waals surface area contributed by atoms with Gasteiger partial charge in [0.05, 0.1) is 12.8 Å². The van der Waals surface area contributed by atoms with Gasteiger partial charge in [0, 0.05) is 12.1 Å². The Morgan fingerprint density at radius 3 is 2.59 bits per heavy atom. The van der Waals surface area contributed by atoms with E-state index in [-0.39, 0.29) is 0 Å². The summed E-state index contributed by atoms with van der Waals surface area (Å²) in [5.74, 6) is 1.01. The Bertz CT molecular complexity index is 309. The molecule has 1 rings (SSSR count). The van der Waals surface area contributed by atoms with Gasteiger partial charge < -0.3 is 15.1 Å². The van der Waals surface area contributed by atoms with Crippen molar-refractivity contribution in [3.8, 4) is 0 Å². The third-order valence-electron chi connectivity index (χ3n) is 2.85. The number of hydrogen-bond donors (Lipinski definition) is 1. The van der Waals surface area contributed by atoms with E-state index in [1.54, 1.807) is 6.26 Å². The SMILES string of the molecule is CCN(CCCN(C)C)Cc1cc(CN)co1. The van der Waals surface area contributed by atoms with Gasteiger partial charge in [0.15, 0.2) is 0 Å². The molecule has 0 unspecified atom stereocenters. The zero-order valence-corrected chi connectivity index (χ0v) is 11.3. The summed E-state index contributed by atoms with van der Waals surface area (Å²) in [4.78, 5) is 4.61. The van der Waals surface area contributed by atoms with E-state index in [1.807, 2.05) is 0 Å². The number of hydrogen-bond acceptors (Lipinski definition) is 4. The normalized spacial score (nSPS) is 11.6. The first-order chi connectivity index (χ1) is 8.15. The summed E-state index contributed by atoms with van der Waals surface area (Å²) in [5, 5.41) is 0. The van der Waals surface area contributed by atoms with Crippen molar-refractivity contribution in [2.24, 2.45) is 5.73 Å². The van der Waals surface area contributed by atoms with Crippen LogP contribution in [-0.4, -0.2) is 43.5 Å². The van der Waals surface area contributed by atoms with E-state index in [0.29, 0.717) is 6.54 Å². The molecule has 0 aliphatic heterocycles. The molecule has 2 N–H and O–H groups in total. The molecule has 1 heterocycles. The van der Waals surface area contributed by atoms with Crippen LogP contribution in [-0.2, 0) is 13.1 Å². The maximum atomic E-state index is 5.56. The van der Waals surface area contributed by atoms with E-state index < -0.39 is 0 Å². The second-order valence-corrected chi connectivity index (χ2v) is 4.65. The van der Waals surface area contributed by atoms with Crippen molar-refractivity contribution in [2.75, 3.05) is 33.7 Å². The van der Waals surface area contributed by atoms with Gasteiger partial charge >= 0.3 is 0 Å². The second kappa shape index (κ2) is 7.48. The molecule has 17 heavy (non-hydrogen) atoms. The lowest BCUT2D eigenvalue weighted by atomic mass is 10.3. The van der Waals surface area contributed by atoms with Crippen molar-refractivity contribution in [3.05, 3.63) is 23.7 Å². The van der Waals surface area contributed by atoms with Crippen LogP contribution in [0.1, 0.15) is 24.7 Å². The maximum Gasteiger partial charge on any atom is 0.118 e. The summed E-state index contributed by atoms with van der Waals surface area (Å²) in [6, 6.07) is 2.05. The van der Waals surface area contributed by atoms with Gasteiger partial charge in [-0.15, -0.1) is 0 Å². The molecule has 1 aromatic heterocycles. The molecule has 4 nitrogen and oxygen atoms in total. The molecule has 0 amide bonds. The predicted octanol–water partition coefficient (Wildman–Crippen LogP) is 1.51. The summed E-state index contributed by atoms with van der Waals surface area (Å²) in [6.45, 7) is 6.89. The largest absolute Gasteiger partial charge is 0.468 e. The Morgan fingerprint density at radius 2 is 2.06 bits per heavy atom. The number of nitrogens with zero attached hydrogens (tertiary/aromatic N) is 2. The van der Waals surface area contributed by atoms with Crippen molar-refractivity contribution in [1.82, 2.24) is 9.80 Å². The average molecular weight is 239 g/mol. The van der Waals surface area contributed by atoms with Crippen LogP contribution in [0.15, 0.2) is 16.7 Å². The van der Waals surface area contributed by atoms with Gasteiger partial charge in [-0.25, -0.2) is 0 Å². The molecule has 1 aromatic rings. The van der Waals surface area contributed by atoms with Crippen LogP contribution in [0.3, 0.4) is 0 Å². The molecule has 0 atom stereocenters. The minimum atomic E-state index is 0.552. The van der Waals surface area contributed by atoms with E-state index in [9.17, 15) is 0 Å². The van der Waals surface area contributed by atoms with Crippen molar-refractivity contribution < 1.29 is 4.42 Å². The highest BCUT2D eigenvalue weighted by Gasteiger charge is 2.07. The van der Waals surface area contributed by atoms with Gasteiger partial charge in [-0.1, -0.05) is 6.92 Å². The lowest BCUT2D eigenvalue weighted by Crippen LogP contribution is -2.26. The smallest absolute Gasteiger partial charge is 0.118 e. The van der Waals surface area contributed by atoms with Crippen LogP contribution in [0, 0.1) is 0 Å². The molecule has 0 saturated heterocycles. The Kier molecular flexibility index (Phi) is 6.26. The summed E-state index contributed by atoms with van der Waals surface area (Å²) < 4.78 is 5.48. The fourth-order valence-corrected chi connectivity index (χ4v) is 1.80. The Balaban J connectivity index is 2.35. The number of rotatable bonds is 8. The lowest BCUT2D eigenvalue weighted by Gasteiger charge is -2.20. The zero-order chi connectivity index (χ0) is 12.7. The summed E-state index contributed by atoms with van der Waals surface area (Å²) >= 11 is 0. The Morgan fingerprint density at radius 1 is 1.29 bits per heavy atom. The van der Waals surface area contributed by atoms with Crippen molar-refractivity contribution in [1.29, 1.82) is 0 Å². The molecule has 0 aromatic carbocycles. The van der Waals surface area contributed by atoms with E-state index in [2.05, 4.69) is 36.9 Å². The van der Waals surface area contributed by atoms with Gasteiger partial charge in [-0.05, 0) is 46.2 Å². The highest BCUT2D eigenvalue weighted by Crippen LogP contribution is 2.10. The topological polar surface area (TPSA) is 45.6 Å². The first-order valence-corrected chi connectivity index (χ1v) is 6.29. The third kappa shape index (κ3) is 5.35. The minimum absolute atomic E-state index is 0.552. The quantitative estimate of drug-likeness (QED) is 0.747. The molecule has 0 bridgehead atoms. The molecule has 4 heteroatoms. The molecule has 0 aliphatic rings. The van der Waals surface area contributed by atoms with Crippen molar-refractivity contribution >= 4 is 0 Å². The monoisotopic (exact) mass is 239 g/mol. The summed E-state index contributed by atoms with van der Waals surface area (Å²) in [6.07, 6.45) is 2.94. The number of nitrogens with two attached hydrogens (primary N) is 1. The van der Waals surface area contributed by atoms with Crippen LogP contribution in [0.4, 0.5) is 0 Å². The highest BCUT2D eigenvalue weighted by molar-refractivity contribution is 5.12. The third-order valence-corrected chi connectivity index (χ3v) is 2.85. The van der Waals surface area contributed by atoms with Gasteiger partial charge in [0.1, 0.15) is 5.76 Å². The molecule has 0 fully saturated rings. The van der Waals surface area contributed by atoms with Crippen molar-refractivity contribution in [2.45, 2.75) is 26.4 Å². The molecule has 0 spiro atoms. The molecule has 0 radical (unpaired) electrons. The van der Waals surface area contributed by atoms with Crippen molar-refractivity contribution in [3.63, 3.8) is 0 Å². The molecular weight excluding hydrogens is 214 g/mol. The van der Waals surface area contributed by atoms with E-state index in [4.69, 9.17) is 10.2 Å². The predicted molar refractivity (Wildman–Crippen MR) is 70.7 cm³/mol. The highest BCUT2D eigenvalue weighted by atomic mass is 16.3. The molecule has 98 valence electrons. The van der Waals surface area contributed by atoms with Gasteiger partial charge in [0.2, 0.25) is 0 Å². The van der Waals surface area contributed by atoms with Crippen LogP contribution >= 0.6 is 0 Å². The Hall–Kier alpha value is -0.840. The standard InChI is InChI=1S/C13H25N3O/c1-4-16(7-5-6-15(2)3)10-13-8-12(9-14)11-17-13/h8,11H,4-7,9-10,14H2,1-3H3. The van der Waals surface area contributed by atoms with E-state index in [0.717, 1.165) is 37.5 Å². The minimum Gasteiger partial charge on any atom is -0.468 e. The summed E-state index contributed by atoms with van der Waals surface area (Å²) in [5.41, 5.74) is 6.63. The van der Waals surface area contributed by atoms with E-state index in [1.165, 1.54) is 6.42 Å². The molecule has 0 saturated carbocycles. The first-order valence-electron chi connectivity index (χ1n) is 6.29. The molecular formula is C13H25N3O. The fourth-order valence-electron chi connectivity index (χ4n) is 1.80. The van der Waals surface area contributed by atoms with Crippen LogP contribution in [0.5, 0.6) is 0 Å². The number of furan rings is 1. The van der Waals surface area contributed by atoms with Gasteiger partial charge in [-0.2, -0.15) is 0 Å². The van der Waals surface area contributed by atoms with Gasteiger partial charge in [-0.3, -0.25) is 4.90 Å². The fraction of sp³-hybridized carbons (Fsp3) is 0.692. The van der Waals surface area contributed by atoms with Crippen LogP contribution < -0.4 is 5.73 Å². The Labute approximate surface area is 104 Å². The summed E-state index contributed by atoms with van der Waals surface area (Å²) in [7, 11) is 4.21. The lowest BCUT2D eigenvalue weighted by molar-refractivity contribution is 0.240. The molecule has 0 aliphatic carbocycles. The average Bonchev–Trinajstić information content (AvgIpc) is 2.75.